The number of hydrogen-bond acceptors (Lipinski definition) is 7. The van der Waals surface area contributed by atoms with E-state index in [0.29, 0.717) is 23.0 Å². The maximum Gasteiger partial charge on any atom is 0.271 e. The van der Waals surface area contributed by atoms with Crippen molar-refractivity contribution in [3.63, 3.8) is 0 Å². The quantitative estimate of drug-likeness (QED) is 0.517. The Labute approximate surface area is 184 Å². The van der Waals surface area contributed by atoms with E-state index in [4.69, 9.17) is 14.2 Å². The molecule has 1 aromatic carbocycles. The Balaban J connectivity index is 1.36. The lowest BCUT2D eigenvalue weighted by Crippen LogP contribution is -2.40. The van der Waals surface area contributed by atoms with Crippen molar-refractivity contribution in [1.82, 2.24) is 19.6 Å². The van der Waals surface area contributed by atoms with Crippen molar-refractivity contribution in [2.45, 2.75) is 26.1 Å². The molecule has 32 heavy (non-hydrogen) atoms. The van der Waals surface area contributed by atoms with Crippen molar-refractivity contribution in [3.05, 3.63) is 60.9 Å². The molecule has 1 aliphatic rings. The summed E-state index contributed by atoms with van der Waals surface area (Å²) in [7, 11) is 0. The molecule has 4 heterocycles. The topological polar surface area (TPSA) is 99.9 Å². The van der Waals surface area contributed by atoms with Gasteiger partial charge in [-0.05, 0) is 50.2 Å². The highest BCUT2D eigenvalue weighted by molar-refractivity contribution is 5.93. The van der Waals surface area contributed by atoms with E-state index in [1.165, 1.54) is 0 Å². The lowest BCUT2D eigenvalue weighted by molar-refractivity contribution is -0.125. The molecule has 0 aliphatic carbocycles. The van der Waals surface area contributed by atoms with E-state index < -0.39 is 6.10 Å². The number of carbonyl (C=O) groups excluding carboxylic acids is 1. The summed E-state index contributed by atoms with van der Waals surface area (Å²) in [5.74, 6) is 1.49. The number of benzene rings is 1. The Morgan fingerprint density at radius 2 is 2.00 bits per heavy atom. The molecule has 9 heteroatoms. The van der Waals surface area contributed by atoms with Crippen LogP contribution in [0.2, 0.25) is 0 Å². The normalized spacial score (nSPS) is 15.0. The van der Waals surface area contributed by atoms with E-state index in [2.05, 4.69) is 20.4 Å². The number of anilines is 1. The summed E-state index contributed by atoms with van der Waals surface area (Å²) >= 11 is 0. The second kappa shape index (κ2) is 8.18. The summed E-state index contributed by atoms with van der Waals surface area (Å²) < 4.78 is 18.8. The lowest BCUT2D eigenvalue weighted by atomic mass is 10.1. The summed E-state index contributed by atoms with van der Waals surface area (Å²) in [5.41, 5.74) is 2.30. The molecule has 0 fully saturated rings. The summed E-state index contributed by atoms with van der Waals surface area (Å²) in [6.07, 6.45) is 2.72. The Morgan fingerprint density at radius 1 is 1.16 bits per heavy atom. The highest BCUT2D eigenvalue weighted by Gasteiger charge is 2.28. The average Bonchev–Trinajstić information content (AvgIpc) is 3.20. The minimum atomic E-state index is -0.793. The second-order valence-electron chi connectivity index (χ2n) is 7.53. The van der Waals surface area contributed by atoms with Gasteiger partial charge in [-0.2, -0.15) is 4.98 Å². The Hall–Kier alpha value is -4.14. The third-order valence-corrected chi connectivity index (χ3v) is 4.80. The van der Waals surface area contributed by atoms with Crippen LogP contribution in [-0.4, -0.2) is 44.3 Å². The summed E-state index contributed by atoms with van der Waals surface area (Å²) in [6, 6.07) is 14.7. The molecule has 9 nitrogen and oxygen atoms in total. The van der Waals surface area contributed by atoms with Crippen LogP contribution in [0.1, 0.15) is 13.8 Å². The number of pyridine rings is 2. The van der Waals surface area contributed by atoms with Crippen LogP contribution in [-0.2, 0) is 4.79 Å². The van der Waals surface area contributed by atoms with Gasteiger partial charge in [0.05, 0.1) is 6.10 Å². The summed E-state index contributed by atoms with van der Waals surface area (Å²) in [5, 5.41) is 7.09. The highest BCUT2D eigenvalue weighted by Crippen LogP contribution is 2.31. The largest absolute Gasteiger partial charge is 0.485 e. The third-order valence-electron chi connectivity index (χ3n) is 4.80. The molecule has 162 valence electrons. The molecule has 3 aromatic heterocycles. The van der Waals surface area contributed by atoms with E-state index in [1.54, 1.807) is 22.8 Å². The monoisotopic (exact) mass is 431 g/mol. The molecule has 0 saturated heterocycles. The number of aromatic nitrogens is 4. The molecule has 1 aliphatic heterocycles. The fourth-order valence-corrected chi connectivity index (χ4v) is 3.36. The minimum absolute atomic E-state index is 0.00137. The molecule has 4 aromatic rings. The number of nitrogens with one attached hydrogen (secondary N) is 1. The van der Waals surface area contributed by atoms with Crippen molar-refractivity contribution in [3.8, 4) is 28.5 Å². The lowest BCUT2D eigenvalue weighted by Gasteiger charge is -2.25. The number of amides is 1. The van der Waals surface area contributed by atoms with Gasteiger partial charge in [0.25, 0.3) is 5.91 Å². The molecule has 0 unspecified atom stereocenters. The summed E-state index contributed by atoms with van der Waals surface area (Å²) in [6.45, 7) is 4.02. The molecular formula is C23H21N5O4. The zero-order chi connectivity index (χ0) is 22.1. The molecule has 5 rings (SSSR count). The van der Waals surface area contributed by atoms with Gasteiger partial charge in [-0.1, -0.05) is 12.1 Å². The molecule has 0 radical (unpaired) electrons. The van der Waals surface area contributed by atoms with Gasteiger partial charge in [0, 0.05) is 23.5 Å². The van der Waals surface area contributed by atoms with Crippen LogP contribution in [0.5, 0.6) is 17.4 Å². The first-order valence-corrected chi connectivity index (χ1v) is 10.2. The predicted molar refractivity (Wildman–Crippen MR) is 117 cm³/mol. The van der Waals surface area contributed by atoms with Crippen LogP contribution >= 0.6 is 0 Å². The zero-order valence-corrected chi connectivity index (χ0v) is 17.6. The van der Waals surface area contributed by atoms with Gasteiger partial charge in [-0.15, -0.1) is 5.10 Å². The van der Waals surface area contributed by atoms with Crippen LogP contribution in [0.3, 0.4) is 0 Å². The highest BCUT2D eigenvalue weighted by atomic mass is 16.6. The second-order valence-corrected chi connectivity index (χ2v) is 7.53. The van der Waals surface area contributed by atoms with E-state index in [1.807, 2.05) is 56.4 Å². The van der Waals surface area contributed by atoms with Crippen molar-refractivity contribution in [1.29, 1.82) is 0 Å². The SMILES string of the molecule is CC(C)Oc1ncccc1-c1ccc2nc(NC(=O)[C@H]3COc4ccccc4O3)nn2c1. The fourth-order valence-electron chi connectivity index (χ4n) is 3.36. The van der Waals surface area contributed by atoms with Gasteiger partial charge in [0.2, 0.25) is 17.9 Å². The number of nitrogens with zero attached hydrogens (tertiary/aromatic N) is 4. The van der Waals surface area contributed by atoms with Gasteiger partial charge >= 0.3 is 0 Å². The maximum absolute atomic E-state index is 12.7. The van der Waals surface area contributed by atoms with Crippen molar-refractivity contribution < 1.29 is 19.0 Å². The number of hydrogen-bond donors (Lipinski definition) is 1. The number of ether oxygens (including phenoxy) is 3. The van der Waals surface area contributed by atoms with Crippen molar-refractivity contribution in [2.24, 2.45) is 0 Å². The molecular weight excluding hydrogens is 410 g/mol. The number of fused-ring (bicyclic) bond motifs is 2. The Bertz CT molecular complexity index is 1290. The summed E-state index contributed by atoms with van der Waals surface area (Å²) in [4.78, 5) is 21.4. The van der Waals surface area contributed by atoms with E-state index in [-0.39, 0.29) is 24.6 Å². The first-order valence-electron chi connectivity index (χ1n) is 10.2. The Kier molecular flexibility index (Phi) is 5.06. The molecule has 1 N–H and O–H groups in total. The number of carbonyl (C=O) groups is 1. The van der Waals surface area contributed by atoms with Gasteiger partial charge in [0.15, 0.2) is 17.1 Å². The minimum Gasteiger partial charge on any atom is -0.485 e. The van der Waals surface area contributed by atoms with Crippen LogP contribution in [0.25, 0.3) is 16.8 Å². The average molecular weight is 431 g/mol. The first-order chi connectivity index (χ1) is 15.6. The van der Waals surface area contributed by atoms with Crippen LogP contribution in [0.4, 0.5) is 5.95 Å². The smallest absolute Gasteiger partial charge is 0.271 e. The van der Waals surface area contributed by atoms with Crippen molar-refractivity contribution >= 4 is 17.5 Å². The molecule has 0 spiro atoms. The number of para-hydroxylation sites is 2. The predicted octanol–water partition coefficient (Wildman–Crippen LogP) is 3.36. The van der Waals surface area contributed by atoms with Gasteiger partial charge in [-0.25, -0.2) is 9.50 Å². The van der Waals surface area contributed by atoms with E-state index >= 15 is 0 Å². The molecule has 1 atom stereocenters. The third kappa shape index (κ3) is 3.92. The number of rotatable bonds is 5. The van der Waals surface area contributed by atoms with Crippen LogP contribution in [0, 0.1) is 0 Å². The van der Waals surface area contributed by atoms with Gasteiger partial charge in [-0.3, -0.25) is 10.1 Å². The van der Waals surface area contributed by atoms with Crippen LogP contribution in [0.15, 0.2) is 60.9 Å². The Morgan fingerprint density at radius 3 is 2.84 bits per heavy atom. The molecule has 0 bridgehead atoms. The van der Waals surface area contributed by atoms with Crippen LogP contribution < -0.4 is 19.5 Å². The van der Waals surface area contributed by atoms with E-state index in [9.17, 15) is 4.79 Å². The fraction of sp³-hybridized carbons (Fsp3) is 0.217. The van der Waals surface area contributed by atoms with Gasteiger partial charge < -0.3 is 14.2 Å². The van der Waals surface area contributed by atoms with Gasteiger partial charge in [0.1, 0.15) is 6.61 Å². The van der Waals surface area contributed by atoms with E-state index in [0.717, 1.165) is 11.1 Å². The molecule has 0 saturated carbocycles. The standard InChI is InChI=1S/C23H21N5O4/c1-14(2)31-22-16(6-5-11-24-22)15-9-10-20-25-23(27-28(20)12-15)26-21(29)19-13-30-17-7-3-4-8-18(17)32-19/h3-12,14,19H,13H2,1-2H3,(H,26,27,29)/t19-/m1/s1. The zero-order valence-electron chi connectivity index (χ0n) is 17.6. The first kappa shape index (κ1) is 19.8. The van der Waals surface area contributed by atoms with Crippen molar-refractivity contribution in [2.75, 3.05) is 11.9 Å². The maximum atomic E-state index is 12.7. The molecule has 1 amide bonds.